The fourth-order valence-electron chi connectivity index (χ4n) is 2.18. The lowest BCUT2D eigenvalue weighted by Gasteiger charge is -2.16. The Bertz CT molecular complexity index is 606. The summed E-state index contributed by atoms with van der Waals surface area (Å²) in [4.78, 5) is 14.0. The van der Waals surface area contributed by atoms with Gasteiger partial charge in [-0.05, 0) is 43.8 Å². The second kappa shape index (κ2) is 7.61. The van der Waals surface area contributed by atoms with Crippen molar-refractivity contribution in [1.29, 1.82) is 0 Å². The Balaban J connectivity index is 1.83. The summed E-state index contributed by atoms with van der Waals surface area (Å²) in [6.45, 7) is 3.16. The van der Waals surface area contributed by atoms with E-state index in [4.69, 9.17) is 4.74 Å². The molecule has 1 amide bonds. The first kappa shape index (κ1) is 16.0. The molecule has 0 heterocycles. The molecule has 22 heavy (non-hydrogen) atoms. The Morgan fingerprint density at radius 3 is 2.32 bits per heavy atom. The number of amides is 1. The normalized spacial score (nSPS) is 10.5. The monoisotopic (exact) mass is 298 g/mol. The molecular weight excluding hydrogens is 276 g/mol. The van der Waals surface area contributed by atoms with Crippen LogP contribution in [0.1, 0.15) is 11.1 Å². The van der Waals surface area contributed by atoms with Gasteiger partial charge in [-0.15, -0.1) is 0 Å². The van der Waals surface area contributed by atoms with Crippen LogP contribution < -0.4 is 10.1 Å². The van der Waals surface area contributed by atoms with Gasteiger partial charge in [-0.3, -0.25) is 9.69 Å². The van der Waals surface area contributed by atoms with Gasteiger partial charge in [0.15, 0.2) is 0 Å². The van der Waals surface area contributed by atoms with E-state index in [1.54, 1.807) is 7.11 Å². The second-order valence-corrected chi connectivity index (χ2v) is 5.43. The lowest BCUT2D eigenvalue weighted by molar-refractivity contribution is -0.117. The highest BCUT2D eigenvalue weighted by Crippen LogP contribution is 2.15. The van der Waals surface area contributed by atoms with Gasteiger partial charge in [0.05, 0.1) is 13.7 Å². The maximum atomic E-state index is 12.0. The van der Waals surface area contributed by atoms with Crippen LogP contribution in [-0.2, 0) is 11.3 Å². The molecule has 0 fully saturated rings. The van der Waals surface area contributed by atoms with E-state index < -0.39 is 0 Å². The Morgan fingerprint density at radius 1 is 1.09 bits per heavy atom. The first-order valence-corrected chi connectivity index (χ1v) is 7.25. The number of benzene rings is 2. The minimum absolute atomic E-state index is 0.0280. The largest absolute Gasteiger partial charge is 0.497 e. The molecule has 0 spiro atoms. The van der Waals surface area contributed by atoms with Crippen molar-refractivity contribution < 1.29 is 9.53 Å². The molecular formula is C18H22N2O2. The average molecular weight is 298 g/mol. The number of ether oxygens (including phenoxy) is 1. The molecule has 0 aliphatic carbocycles. The number of nitrogens with zero attached hydrogens (tertiary/aromatic N) is 1. The maximum Gasteiger partial charge on any atom is 0.238 e. The van der Waals surface area contributed by atoms with Gasteiger partial charge >= 0.3 is 0 Å². The summed E-state index contributed by atoms with van der Waals surface area (Å²) in [6.07, 6.45) is 0. The van der Waals surface area contributed by atoms with Gasteiger partial charge in [0, 0.05) is 12.2 Å². The van der Waals surface area contributed by atoms with Crippen molar-refractivity contribution >= 4 is 11.6 Å². The number of nitrogens with one attached hydrogen (secondary N) is 1. The zero-order valence-corrected chi connectivity index (χ0v) is 13.3. The summed E-state index contributed by atoms with van der Waals surface area (Å²) < 4.78 is 5.09. The topological polar surface area (TPSA) is 41.6 Å². The van der Waals surface area contributed by atoms with E-state index >= 15 is 0 Å². The van der Waals surface area contributed by atoms with Crippen LogP contribution >= 0.6 is 0 Å². The van der Waals surface area contributed by atoms with E-state index in [2.05, 4.69) is 36.5 Å². The molecule has 2 rings (SSSR count). The Labute approximate surface area is 131 Å². The molecule has 0 aliphatic heterocycles. The number of likely N-dealkylation sites (N-methyl/N-ethyl adjacent to an activating group) is 1. The van der Waals surface area contributed by atoms with Crippen LogP contribution in [0.15, 0.2) is 48.5 Å². The summed E-state index contributed by atoms with van der Waals surface area (Å²) in [6, 6.07) is 15.7. The summed E-state index contributed by atoms with van der Waals surface area (Å²) >= 11 is 0. The number of carbonyl (C=O) groups excluding carboxylic acids is 1. The standard InChI is InChI=1S/C18H22N2O2/c1-14-4-6-15(7-5-14)12-20(2)13-18(21)19-16-8-10-17(22-3)11-9-16/h4-11H,12-13H2,1-3H3,(H,19,21). The molecule has 2 aromatic carbocycles. The lowest BCUT2D eigenvalue weighted by Crippen LogP contribution is -2.29. The first-order valence-electron chi connectivity index (χ1n) is 7.25. The van der Waals surface area contributed by atoms with Crippen LogP contribution in [0, 0.1) is 6.92 Å². The van der Waals surface area contributed by atoms with E-state index in [0.29, 0.717) is 6.54 Å². The SMILES string of the molecule is COc1ccc(NC(=O)CN(C)Cc2ccc(C)cc2)cc1. The number of hydrogen-bond donors (Lipinski definition) is 1. The van der Waals surface area contributed by atoms with Crippen molar-refractivity contribution in [3.8, 4) is 5.75 Å². The van der Waals surface area contributed by atoms with Gasteiger partial charge in [0.2, 0.25) is 5.91 Å². The number of hydrogen-bond acceptors (Lipinski definition) is 3. The highest BCUT2D eigenvalue weighted by atomic mass is 16.5. The maximum absolute atomic E-state index is 12.0. The third-order valence-electron chi connectivity index (χ3n) is 3.36. The van der Waals surface area contributed by atoms with Gasteiger partial charge < -0.3 is 10.1 Å². The molecule has 1 N–H and O–H groups in total. The molecule has 0 bridgehead atoms. The third-order valence-corrected chi connectivity index (χ3v) is 3.36. The fraction of sp³-hybridized carbons (Fsp3) is 0.278. The number of rotatable bonds is 6. The summed E-state index contributed by atoms with van der Waals surface area (Å²) in [7, 11) is 3.56. The second-order valence-electron chi connectivity index (χ2n) is 5.43. The number of anilines is 1. The molecule has 0 radical (unpaired) electrons. The molecule has 2 aromatic rings. The number of methoxy groups -OCH3 is 1. The Morgan fingerprint density at radius 2 is 1.73 bits per heavy atom. The summed E-state index contributed by atoms with van der Waals surface area (Å²) in [5.41, 5.74) is 3.21. The molecule has 0 saturated heterocycles. The smallest absolute Gasteiger partial charge is 0.238 e. The van der Waals surface area contributed by atoms with Gasteiger partial charge in [0.1, 0.15) is 5.75 Å². The number of carbonyl (C=O) groups is 1. The van der Waals surface area contributed by atoms with Crippen molar-refractivity contribution in [3.63, 3.8) is 0 Å². The average Bonchev–Trinajstić information content (AvgIpc) is 2.50. The van der Waals surface area contributed by atoms with Crippen LogP contribution in [0.2, 0.25) is 0 Å². The van der Waals surface area contributed by atoms with E-state index in [1.807, 2.05) is 36.2 Å². The Hall–Kier alpha value is -2.33. The van der Waals surface area contributed by atoms with Gasteiger partial charge in [-0.2, -0.15) is 0 Å². The number of aryl methyl sites for hydroxylation is 1. The molecule has 4 heteroatoms. The molecule has 116 valence electrons. The predicted molar refractivity (Wildman–Crippen MR) is 89.1 cm³/mol. The van der Waals surface area contributed by atoms with Crippen LogP contribution in [0.3, 0.4) is 0 Å². The zero-order chi connectivity index (χ0) is 15.9. The van der Waals surface area contributed by atoms with Crippen molar-refractivity contribution in [1.82, 2.24) is 4.90 Å². The molecule has 0 saturated carbocycles. The summed E-state index contributed by atoms with van der Waals surface area (Å²) in [5, 5.41) is 2.88. The van der Waals surface area contributed by atoms with Crippen LogP contribution in [0.25, 0.3) is 0 Å². The van der Waals surface area contributed by atoms with E-state index in [1.165, 1.54) is 11.1 Å². The molecule has 0 aromatic heterocycles. The zero-order valence-electron chi connectivity index (χ0n) is 13.3. The minimum Gasteiger partial charge on any atom is -0.497 e. The summed E-state index contributed by atoms with van der Waals surface area (Å²) in [5.74, 6) is 0.745. The van der Waals surface area contributed by atoms with E-state index in [9.17, 15) is 4.79 Å². The van der Waals surface area contributed by atoms with Gasteiger partial charge in [-0.1, -0.05) is 29.8 Å². The molecule has 0 unspecified atom stereocenters. The molecule has 0 aliphatic rings. The molecule has 4 nitrogen and oxygen atoms in total. The van der Waals surface area contributed by atoms with Gasteiger partial charge in [-0.25, -0.2) is 0 Å². The van der Waals surface area contributed by atoms with Crippen molar-refractivity contribution in [3.05, 3.63) is 59.7 Å². The van der Waals surface area contributed by atoms with Crippen LogP contribution in [0.4, 0.5) is 5.69 Å². The predicted octanol–water partition coefficient (Wildman–Crippen LogP) is 3.07. The lowest BCUT2D eigenvalue weighted by atomic mass is 10.1. The fourth-order valence-corrected chi connectivity index (χ4v) is 2.18. The van der Waals surface area contributed by atoms with Crippen molar-refractivity contribution in [2.24, 2.45) is 0 Å². The third kappa shape index (κ3) is 4.90. The van der Waals surface area contributed by atoms with Crippen molar-refractivity contribution in [2.75, 3.05) is 26.0 Å². The highest BCUT2D eigenvalue weighted by molar-refractivity contribution is 5.92. The Kier molecular flexibility index (Phi) is 5.55. The van der Waals surface area contributed by atoms with Crippen molar-refractivity contribution in [2.45, 2.75) is 13.5 Å². The van der Waals surface area contributed by atoms with Crippen LogP contribution in [-0.4, -0.2) is 31.5 Å². The van der Waals surface area contributed by atoms with Gasteiger partial charge in [0.25, 0.3) is 0 Å². The quantitative estimate of drug-likeness (QED) is 0.891. The molecule has 0 atom stereocenters. The van der Waals surface area contributed by atoms with Crippen LogP contribution in [0.5, 0.6) is 5.75 Å². The van der Waals surface area contributed by atoms with E-state index in [0.717, 1.165) is 18.0 Å². The van der Waals surface area contributed by atoms with E-state index in [-0.39, 0.29) is 5.91 Å². The minimum atomic E-state index is -0.0280. The highest BCUT2D eigenvalue weighted by Gasteiger charge is 2.07. The first-order chi connectivity index (χ1) is 10.6.